The van der Waals surface area contributed by atoms with Crippen molar-refractivity contribution in [2.24, 2.45) is 11.3 Å². The predicted octanol–water partition coefficient (Wildman–Crippen LogP) is 6.26. The second-order valence-electron chi connectivity index (χ2n) is 6.87. The summed E-state index contributed by atoms with van der Waals surface area (Å²) in [6, 6.07) is 1.63. The second kappa shape index (κ2) is 12.8. The molecule has 0 spiro atoms. The summed E-state index contributed by atoms with van der Waals surface area (Å²) in [5.74, 6) is 0.833. The summed E-state index contributed by atoms with van der Waals surface area (Å²) in [5.41, 5.74) is 1.03. The molecular formula is C18H32O2S. The van der Waals surface area contributed by atoms with Crippen molar-refractivity contribution in [1.82, 2.24) is 0 Å². The van der Waals surface area contributed by atoms with E-state index in [0.29, 0.717) is 28.4 Å². The van der Waals surface area contributed by atoms with E-state index in [1.54, 1.807) is 11.4 Å². The third-order valence-corrected chi connectivity index (χ3v) is 3.10. The first-order valence-electron chi connectivity index (χ1n) is 7.65. The Morgan fingerprint density at radius 1 is 1.14 bits per heavy atom. The van der Waals surface area contributed by atoms with Crippen molar-refractivity contribution in [3.8, 4) is 0 Å². The van der Waals surface area contributed by atoms with Gasteiger partial charge >= 0.3 is 0 Å². The van der Waals surface area contributed by atoms with E-state index in [0.717, 1.165) is 5.92 Å². The number of aldehydes is 2. The first-order valence-corrected chi connectivity index (χ1v) is 8.53. The standard InChI is InChI=1S/C8H18.C6H4O2S.C4H10/c1-5-6-7-8(2,3)4;7-3-5-1-2-9-6(5)4-8;1-4(2)3/h5-7H2,1-4H3;1-4H;4H,1-3H3. The quantitative estimate of drug-likeness (QED) is 0.615. The Balaban J connectivity index is 0. The second-order valence-corrected chi connectivity index (χ2v) is 7.82. The Kier molecular flexibility index (Phi) is 13.6. The van der Waals surface area contributed by atoms with E-state index < -0.39 is 0 Å². The van der Waals surface area contributed by atoms with E-state index in [2.05, 4.69) is 48.5 Å². The molecule has 0 bridgehead atoms. The monoisotopic (exact) mass is 312 g/mol. The zero-order valence-corrected chi connectivity index (χ0v) is 15.5. The number of rotatable bonds is 4. The summed E-state index contributed by atoms with van der Waals surface area (Å²) in [4.78, 5) is 20.7. The third kappa shape index (κ3) is 17.0. The highest BCUT2D eigenvalue weighted by atomic mass is 32.1. The van der Waals surface area contributed by atoms with Crippen molar-refractivity contribution in [2.45, 2.75) is 67.7 Å². The van der Waals surface area contributed by atoms with E-state index in [1.807, 2.05) is 0 Å². The van der Waals surface area contributed by atoms with Gasteiger partial charge in [-0.2, -0.15) is 0 Å². The van der Waals surface area contributed by atoms with E-state index in [1.165, 1.54) is 30.6 Å². The summed E-state index contributed by atoms with van der Waals surface area (Å²) in [6.45, 7) is 15.6. The van der Waals surface area contributed by atoms with Gasteiger partial charge in [-0.05, 0) is 29.2 Å². The summed E-state index contributed by atoms with van der Waals surface area (Å²) < 4.78 is 0. The normalized spacial score (nSPS) is 10.1. The molecule has 0 fully saturated rings. The first-order chi connectivity index (χ1) is 9.67. The van der Waals surface area contributed by atoms with Crippen molar-refractivity contribution in [2.75, 3.05) is 0 Å². The first kappa shape index (κ1) is 22.3. The van der Waals surface area contributed by atoms with E-state index in [4.69, 9.17) is 0 Å². The number of unbranched alkanes of at least 4 members (excludes halogenated alkanes) is 1. The molecule has 0 aliphatic carbocycles. The smallest absolute Gasteiger partial charge is 0.160 e. The van der Waals surface area contributed by atoms with Gasteiger partial charge in [0.05, 0.1) is 4.88 Å². The number of carbonyl (C=O) groups is 2. The fourth-order valence-corrected chi connectivity index (χ4v) is 1.90. The van der Waals surface area contributed by atoms with Crippen molar-refractivity contribution in [3.05, 3.63) is 21.9 Å². The lowest BCUT2D eigenvalue weighted by Crippen LogP contribution is -2.03. The van der Waals surface area contributed by atoms with E-state index >= 15 is 0 Å². The molecule has 1 aromatic heterocycles. The molecule has 0 atom stereocenters. The fourth-order valence-electron chi connectivity index (χ4n) is 1.23. The molecular weight excluding hydrogens is 280 g/mol. The Morgan fingerprint density at radius 3 is 1.90 bits per heavy atom. The van der Waals surface area contributed by atoms with Crippen LogP contribution in [0.1, 0.15) is 87.8 Å². The highest BCUT2D eigenvalue weighted by Crippen LogP contribution is 2.20. The minimum atomic E-state index is 0.481. The summed E-state index contributed by atoms with van der Waals surface area (Å²) in [5, 5.41) is 1.72. The van der Waals surface area contributed by atoms with Gasteiger partial charge in [-0.15, -0.1) is 11.3 Å². The van der Waals surface area contributed by atoms with Gasteiger partial charge in [0, 0.05) is 5.56 Å². The molecule has 0 radical (unpaired) electrons. The maximum atomic E-state index is 10.1. The number of hydrogen-bond acceptors (Lipinski definition) is 3. The van der Waals surface area contributed by atoms with Crippen LogP contribution in [-0.2, 0) is 0 Å². The molecule has 0 aliphatic rings. The molecule has 1 rings (SSSR count). The van der Waals surface area contributed by atoms with Crippen molar-refractivity contribution in [3.63, 3.8) is 0 Å². The highest BCUT2D eigenvalue weighted by Gasteiger charge is 2.07. The third-order valence-electron chi connectivity index (χ3n) is 2.24. The molecule has 21 heavy (non-hydrogen) atoms. The van der Waals surface area contributed by atoms with Crippen LogP contribution in [0.4, 0.5) is 0 Å². The molecule has 1 heterocycles. The largest absolute Gasteiger partial charge is 0.298 e. The van der Waals surface area contributed by atoms with E-state index in [-0.39, 0.29) is 0 Å². The van der Waals surface area contributed by atoms with Gasteiger partial charge in [-0.3, -0.25) is 9.59 Å². The Morgan fingerprint density at radius 2 is 1.67 bits per heavy atom. The lowest BCUT2D eigenvalue weighted by molar-refractivity contribution is 0.109. The van der Waals surface area contributed by atoms with Gasteiger partial charge in [0.25, 0.3) is 0 Å². The van der Waals surface area contributed by atoms with Crippen LogP contribution in [0.5, 0.6) is 0 Å². The van der Waals surface area contributed by atoms with Crippen molar-refractivity contribution in [1.29, 1.82) is 0 Å². The molecule has 2 nitrogen and oxygen atoms in total. The minimum absolute atomic E-state index is 0.481. The summed E-state index contributed by atoms with van der Waals surface area (Å²) in [7, 11) is 0. The molecule has 0 saturated carbocycles. The van der Waals surface area contributed by atoms with Crippen LogP contribution >= 0.6 is 11.3 Å². The minimum Gasteiger partial charge on any atom is -0.298 e. The topological polar surface area (TPSA) is 34.1 Å². The fraction of sp³-hybridized carbons (Fsp3) is 0.667. The summed E-state index contributed by atoms with van der Waals surface area (Å²) in [6.07, 6.45) is 5.44. The van der Waals surface area contributed by atoms with Gasteiger partial charge in [0.2, 0.25) is 0 Å². The van der Waals surface area contributed by atoms with E-state index in [9.17, 15) is 9.59 Å². The molecule has 0 N–H and O–H groups in total. The predicted molar refractivity (Wildman–Crippen MR) is 94.6 cm³/mol. The van der Waals surface area contributed by atoms with Crippen LogP contribution in [0.3, 0.4) is 0 Å². The lowest BCUT2D eigenvalue weighted by atomic mass is 9.90. The van der Waals surface area contributed by atoms with Gasteiger partial charge in [-0.25, -0.2) is 0 Å². The molecule has 0 unspecified atom stereocenters. The maximum Gasteiger partial charge on any atom is 0.160 e. The Bertz CT molecular complexity index is 348. The van der Waals surface area contributed by atoms with Crippen LogP contribution in [0.15, 0.2) is 11.4 Å². The zero-order chi connectivity index (χ0) is 16.9. The average Bonchev–Trinajstić information content (AvgIpc) is 2.83. The van der Waals surface area contributed by atoms with Crippen LogP contribution < -0.4 is 0 Å². The Hall–Kier alpha value is -0.960. The SMILES string of the molecule is CC(C)C.CCCCC(C)(C)C.O=Cc1ccsc1C=O. The Labute approximate surface area is 135 Å². The molecule has 0 aromatic carbocycles. The molecule has 0 saturated heterocycles. The van der Waals surface area contributed by atoms with Crippen LogP contribution in [0.25, 0.3) is 0 Å². The van der Waals surface area contributed by atoms with Gasteiger partial charge in [0.15, 0.2) is 12.6 Å². The number of carbonyl (C=O) groups excluding carboxylic acids is 2. The lowest BCUT2D eigenvalue weighted by Gasteiger charge is -2.16. The molecule has 3 heteroatoms. The average molecular weight is 313 g/mol. The van der Waals surface area contributed by atoms with Crippen molar-refractivity contribution < 1.29 is 9.59 Å². The molecule has 0 aliphatic heterocycles. The summed E-state index contributed by atoms with van der Waals surface area (Å²) >= 11 is 1.27. The molecule has 1 aromatic rings. The highest BCUT2D eigenvalue weighted by molar-refractivity contribution is 7.12. The van der Waals surface area contributed by atoms with Crippen molar-refractivity contribution >= 4 is 23.9 Å². The molecule has 0 amide bonds. The van der Waals surface area contributed by atoms with Crippen LogP contribution in [0.2, 0.25) is 0 Å². The van der Waals surface area contributed by atoms with Crippen LogP contribution in [-0.4, -0.2) is 12.6 Å². The van der Waals surface area contributed by atoms with Crippen LogP contribution in [0, 0.1) is 11.3 Å². The number of hydrogen-bond donors (Lipinski definition) is 0. The molecule has 122 valence electrons. The number of thiophene rings is 1. The van der Waals surface area contributed by atoms with Gasteiger partial charge in [0.1, 0.15) is 0 Å². The van der Waals surface area contributed by atoms with Gasteiger partial charge < -0.3 is 0 Å². The zero-order valence-electron chi connectivity index (χ0n) is 14.7. The van der Waals surface area contributed by atoms with Gasteiger partial charge in [-0.1, -0.05) is 61.3 Å². The maximum absolute atomic E-state index is 10.1.